The lowest BCUT2D eigenvalue weighted by atomic mass is 9.95. The van der Waals surface area contributed by atoms with Gasteiger partial charge in [0.1, 0.15) is 5.75 Å². The summed E-state index contributed by atoms with van der Waals surface area (Å²) in [5.74, 6) is 1.53. The molecule has 17 heavy (non-hydrogen) atoms. The Balaban J connectivity index is 3.06. The van der Waals surface area contributed by atoms with Crippen molar-refractivity contribution in [3.8, 4) is 5.75 Å². The normalized spacial score (nSPS) is 10.9. The van der Waals surface area contributed by atoms with E-state index in [-0.39, 0.29) is 0 Å². The number of rotatable bonds is 6. The molecule has 0 spiro atoms. The molecule has 0 heterocycles. The second-order valence-corrected chi connectivity index (χ2v) is 4.86. The van der Waals surface area contributed by atoms with E-state index in [1.54, 1.807) is 0 Å². The molecule has 0 aliphatic rings. The maximum atomic E-state index is 5.83. The first-order valence-corrected chi connectivity index (χ1v) is 6.56. The van der Waals surface area contributed by atoms with Crippen LogP contribution in [0.15, 0.2) is 12.1 Å². The Bertz CT molecular complexity index is 358. The molecule has 0 bridgehead atoms. The van der Waals surface area contributed by atoms with Crippen molar-refractivity contribution < 1.29 is 4.74 Å². The molecule has 0 atom stereocenters. The molecule has 0 aromatic heterocycles. The van der Waals surface area contributed by atoms with Gasteiger partial charge in [0, 0.05) is 0 Å². The van der Waals surface area contributed by atoms with Gasteiger partial charge in [-0.3, -0.25) is 0 Å². The van der Waals surface area contributed by atoms with Crippen LogP contribution in [0.3, 0.4) is 0 Å². The maximum Gasteiger partial charge on any atom is 0.123 e. The van der Waals surface area contributed by atoms with Gasteiger partial charge in [0.25, 0.3) is 0 Å². The van der Waals surface area contributed by atoms with Crippen molar-refractivity contribution in [3.05, 3.63) is 28.8 Å². The first-order valence-electron chi connectivity index (χ1n) is 6.56. The molecule has 2 N–H and O–H groups in total. The van der Waals surface area contributed by atoms with Crippen LogP contribution in [0.5, 0.6) is 5.75 Å². The molecule has 0 aliphatic carbocycles. The Kier molecular flexibility index (Phi) is 5.49. The minimum atomic E-state index is 0.485. The molecular formula is C15H25NO. The molecule has 1 aromatic carbocycles. The fraction of sp³-hybridized carbons (Fsp3) is 0.600. The second-order valence-electron chi connectivity index (χ2n) is 4.86. The smallest absolute Gasteiger partial charge is 0.123 e. The molecule has 0 saturated carbocycles. The van der Waals surface area contributed by atoms with Crippen molar-refractivity contribution in [1.29, 1.82) is 0 Å². The van der Waals surface area contributed by atoms with Crippen molar-refractivity contribution in [2.24, 2.45) is 5.73 Å². The monoisotopic (exact) mass is 235 g/mol. The van der Waals surface area contributed by atoms with Crippen LogP contribution in [0.25, 0.3) is 0 Å². The second kappa shape index (κ2) is 6.65. The van der Waals surface area contributed by atoms with E-state index in [0.29, 0.717) is 12.5 Å². The van der Waals surface area contributed by atoms with Gasteiger partial charge in [-0.2, -0.15) is 0 Å². The minimum absolute atomic E-state index is 0.485. The highest BCUT2D eigenvalue weighted by Crippen LogP contribution is 2.30. The summed E-state index contributed by atoms with van der Waals surface area (Å²) in [6.45, 7) is 10.2. The predicted octanol–water partition coefficient (Wildman–Crippen LogP) is 3.41. The van der Waals surface area contributed by atoms with Gasteiger partial charge in [0.2, 0.25) is 0 Å². The number of nitrogens with two attached hydrogens (primary N) is 1. The largest absolute Gasteiger partial charge is 0.493 e. The van der Waals surface area contributed by atoms with Gasteiger partial charge >= 0.3 is 0 Å². The average Bonchev–Trinajstić information content (AvgIpc) is 2.29. The SMILES string of the molecule is CCCOc1cc(C)c(CCN)cc1C(C)C. The predicted molar refractivity (Wildman–Crippen MR) is 73.8 cm³/mol. The van der Waals surface area contributed by atoms with E-state index in [9.17, 15) is 0 Å². The third-order valence-corrected chi connectivity index (χ3v) is 2.97. The van der Waals surface area contributed by atoms with Gasteiger partial charge in [-0.1, -0.05) is 26.8 Å². The van der Waals surface area contributed by atoms with E-state index in [4.69, 9.17) is 10.5 Å². The molecule has 1 aromatic rings. The van der Waals surface area contributed by atoms with Gasteiger partial charge in [-0.15, -0.1) is 0 Å². The van der Waals surface area contributed by atoms with E-state index in [1.165, 1.54) is 16.7 Å². The maximum absolute atomic E-state index is 5.83. The summed E-state index contributed by atoms with van der Waals surface area (Å²) in [5, 5.41) is 0. The highest BCUT2D eigenvalue weighted by molar-refractivity contribution is 5.44. The Labute approximate surface area is 105 Å². The third-order valence-electron chi connectivity index (χ3n) is 2.97. The summed E-state index contributed by atoms with van der Waals surface area (Å²) < 4.78 is 5.83. The molecule has 2 nitrogen and oxygen atoms in total. The molecule has 0 fully saturated rings. The van der Waals surface area contributed by atoms with Gasteiger partial charge < -0.3 is 10.5 Å². The lowest BCUT2D eigenvalue weighted by Gasteiger charge is -2.17. The van der Waals surface area contributed by atoms with Crippen LogP contribution in [0.4, 0.5) is 0 Å². The molecular weight excluding hydrogens is 210 g/mol. The molecule has 0 amide bonds. The first kappa shape index (κ1) is 14.0. The molecule has 0 radical (unpaired) electrons. The molecule has 0 aliphatic heterocycles. The van der Waals surface area contributed by atoms with E-state index in [1.807, 2.05) is 0 Å². The fourth-order valence-electron chi connectivity index (χ4n) is 1.96. The van der Waals surface area contributed by atoms with E-state index < -0.39 is 0 Å². The molecule has 0 unspecified atom stereocenters. The lowest BCUT2D eigenvalue weighted by Crippen LogP contribution is -2.07. The highest BCUT2D eigenvalue weighted by atomic mass is 16.5. The summed E-state index contributed by atoms with van der Waals surface area (Å²) in [6.07, 6.45) is 1.99. The highest BCUT2D eigenvalue weighted by Gasteiger charge is 2.11. The van der Waals surface area contributed by atoms with Crippen LogP contribution >= 0.6 is 0 Å². The van der Waals surface area contributed by atoms with E-state index in [0.717, 1.165) is 25.2 Å². The van der Waals surface area contributed by atoms with Crippen LogP contribution in [0.2, 0.25) is 0 Å². The number of aryl methyl sites for hydroxylation is 1. The van der Waals surface area contributed by atoms with Gasteiger partial charge in [0.15, 0.2) is 0 Å². The van der Waals surface area contributed by atoms with Crippen LogP contribution in [-0.2, 0) is 6.42 Å². The lowest BCUT2D eigenvalue weighted by molar-refractivity contribution is 0.312. The minimum Gasteiger partial charge on any atom is -0.493 e. The Hall–Kier alpha value is -1.02. The van der Waals surface area contributed by atoms with Gasteiger partial charge in [-0.05, 0) is 55.0 Å². The fourth-order valence-corrected chi connectivity index (χ4v) is 1.96. The molecule has 2 heteroatoms. The first-order chi connectivity index (χ1) is 8.10. The summed E-state index contributed by atoms with van der Waals surface area (Å²) in [4.78, 5) is 0. The zero-order valence-electron chi connectivity index (χ0n) is 11.5. The Morgan fingerprint density at radius 1 is 1.29 bits per heavy atom. The number of ether oxygens (including phenoxy) is 1. The van der Waals surface area contributed by atoms with Crippen LogP contribution in [-0.4, -0.2) is 13.2 Å². The number of hydrogen-bond donors (Lipinski definition) is 1. The number of benzene rings is 1. The molecule has 0 saturated heterocycles. The quantitative estimate of drug-likeness (QED) is 0.820. The topological polar surface area (TPSA) is 35.2 Å². The standard InChI is InChI=1S/C15H25NO/c1-5-8-17-15-9-12(4)13(6-7-16)10-14(15)11(2)3/h9-11H,5-8,16H2,1-4H3. The zero-order chi connectivity index (χ0) is 12.8. The van der Waals surface area contributed by atoms with Crippen LogP contribution in [0.1, 0.15) is 49.8 Å². The van der Waals surface area contributed by atoms with E-state index in [2.05, 4.69) is 39.8 Å². The average molecular weight is 235 g/mol. The van der Waals surface area contributed by atoms with Crippen molar-refractivity contribution in [3.63, 3.8) is 0 Å². The van der Waals surface area contributed by atoms with Crippen LogP contribution < -0.4 is 10.5 Å². The van der Waals surface area contributed by atoms with Crippen LogP contribution in [0, 0.1) is 6.92 Å². The summed E-state index contributed by atoms with van der Waals surface area (Å²) in [6, 6.07) is 4.42. The summed E-state index contributed by atoms with van der Waals surface area (Å²) >= 11 is 0. The Morgan fingerprint density at radius 2 is 2.00 bits per heavy atom. The van der Waals surface area contributed by atoms with Crippen molar-refractivity contribution in [2.45, 2.75) is 46.5 Å². The van der Waals surface area contributed by atoms with Gasteiger partial charge in [-0.25, -0.2) is 0 Å². The third kappa shape index (κ3) is 3.74. The van der Waals surface area contributed by atoms with E-state index >= 15 is 0 Å². The molecule has 96 valence electrons. The zero-order valence-corrected chi connectivity index (χ0v) is 11.5. The summed E-state index contributed by atoms with van der Waals surface area (Å²) in [5.41, 5.74) is 9.57. The number of hydrogen-bond acceptors (Lipinski definition) is 2. The summed E-state index contributed by atoms with van der Waals surface area (Å²) in [7, 11) is 0. The van der Waals surface area contributed by atoms with Crippen molar-refractivity contribution >= 4 is 0 Å². The van der Waals surface area contributed by atoms with Crippen molar-refractivity contribution in [1.82, 2.24) is 0 Å². The van der Waals surface area contributed by atoms with Crippen molar-refractivity contribution in [2.75, 3.05) is 13.2 Å². The Morgan fingerprint density at radius 3 is 2.53 bits per heavy atom. The molecule has 1 rings (SSSR count). The van der Waals surface area contributed by atoms with Gasteiger partial charge in [0.05, 0.1) is 6.61 Å².